The standard InChI is InChI=1S/C15H22BrNO2/c1-15(2,3)19-14(18)17-13-9-7-12(8-10-13)6-4-5-11-16/h7-10H,4-6,11H2,1-3H3,(H,17,18). The lowest BCUT2D eigenvalue weighted by Gasteiger charge is -2.19. The molecule has 1 amide bonds. The normalized spacial score (nSPS) is 11.2. The molecular weight excluding hydrogens is 306 g/mol. The van der Waals surface area contributed by atoms with Gasteiger partial charge in [0.15, 0.2) is 0 Å². The Kier molecular flexibility index (Phi) is 6.35. The van der Waals surface area contributed by atoms with E-state index in [1.165, 1.54) is 18.4 Å². The number of amides is 1. The van der Waals surface area contributed by atoms with Gasteiger partial charge in [-0.2, -0.15) is 0 Å². The highest BCUT2D eigenvalue weighted by Crippen LogP contribution is 2.14. The van der Waals surface area contributed by atoms with Crippen molar-refractivity contribution in [3.05, 3.63) is 29.8 Å². The number of alkyl halides is 1. The minimum Gasteiger partial charge on any atom is -0.444 e. The minimum atomic E-state index is -0.473. The third-order valence-corrected chi connectivity index (χ3v) is 3.01. The number of halogens is 1. The quantitative estimate of drug-likeness (QED) is 0.626. The van der Waals surface area contributed by atoms with Crippen molar-refractivity contribution in [3.8, 4) is 0 Å². The Labute approximate surface area is 123 Å². The van der Waals surface area contributed by atoms with Gasteiger partial charge >= 0.3 is 6.09 Å². The Morgan fingerprint density at radius 1 is 1.21 bits per heavy atom. The number of aryl methyl sites for hydroxylation is 1. The van der Waals surface area contributed by atoms with E-state index in [1.807, 2.05) is 45.0 Å². The van der Waals surface area contributed by atoms with Gasteiger partial charge in [-0.05, 0) is 57.7 Å². The molecule has 0 atom stereocenters. The van der Waals surface area contributed by atoms with E-state index in [4.69, 9.17) is 4.74 Å². The predicted octanol–water partition coefficient (Wildman–Crippen LogP) is 4.75. The van der Waals surface area contributed by atoms with E-state index < -0.39 is 11.7 Å². The molecular formula is C15H22BrNO2. The molecule has 0 saturated heterocycles. The number of rotatable bonds is 5. The number of carbonyl (C=O) groups is 1. The molecule has 19 heavy (non-hydrogen) atoms. The van der Waals surface area contributed by atoms with Crippen molar-refractivity contribution in [2.75, 3.05) is 10.6 Å². The first kappa shape index (κ1) is 16.0. The largest absolute Gasteiger partial charge is 0.444 e. The second-order valence-corrected chi connectivity index (χ2v) is 6.26. The summed E-state index contributed by atoms with van der Waals surface area (Å²) in [5.41, 5.74) is 1.58. The fraction of sp³-hybridized carbons (Fsp3) is 0.533. The van der Waals surface area contributed by atoms with Gasteiger partial charge in [0, 0.05) is 11.0 Å². The second-order valence-electron chi connectivity index (χ2n) is 5.47. The summed E-state index contributed by atoms with van der Waals surface area (Å²) in [6, 6.07) is 7.91. The molecule has 106 valence electrons. The van der Waals surface area contributed by atoms with E-state index in [-0.39, 0.29) is 0 Å². The molecule has 1 N–H and O–H groups in total. The Morgan fingerprint density at radius 3 is 2.37 bits per heavy atom. The monoisotopic (exact) mass is 327 g/mol. The van der Waals surface area contributed by atoms with Gasteiger partial charge in [0.05, 0.1) is 0 Å². The smallest absolute Gasteiger partial charge is 0.412 e. The lowest BCUT2D eigenvalue weighted by Crippen LogP contribution is -2.27. The maximum Gasteiger partial charge on any atom is 0.412 e. The molecule has 1 rings (SSSR count). The van der Waals surface area contributed by atoms with Crippen LogP contribution in [0.2, 0.25) is 0 Å². The van der Waals surface area contributed by atoms with Gasteiger partial charge in [0.1, 0.15) is 5.60 Å². The van der Waals surface area contributed by atoms with Crippen molar-refractivity contribution in [2.45, 2.75) is 45.6 Å². The molecule has 0 aromatic heterocycles. The van der Waals surface area contributed by atoms with Crippen LogP contribution >= 0.6 is 15.9 Å². The van der Waals surface area contributed by atoms with E-state index in [0.717, 1.165) is 17.4 Å². The van der Waals surface area contributed by atoms with E-state index in [0.29, 0.717) is 0 Å². The van der Waals surface area contributed by atoms with Gasteiger partial charge in [-0.3, -0.25) is 5.32 Å². The Hall–Kier alpha value is -1.03. The van der Waals surface area contributed by atoms with Crippen LogP contribution in [0.25, 0.3) is 0 Å². The van der Waals surface area contributed by atoms with Gasteiger partial charge in [-0.25, -0.2) is 4.79 Å². The molecule has 0 aliphatic heterocycles. The van der Waals surface area contributed by atoms with Crippen molar-refractivity contribution in [1.82, 2.24) is 0 Å². The van der Waals surface area contributed by atoms with Crippen LogP contribution in [0.4, 0.5) is 10.5 Å². The van der Waals surface area contributed by atoms with Gasteiger partial charge in [0.25, 0.3) is 0 Å². The average Bonchev–Trinajstić information content (AvgIpc) is 2.29. The molecule has 4 heteroatoms. The van der Waals surface area contributed by atoms with Crippen LogP contribution < -0.4 is 5.32 Å². The summed E-state index contributed by atoms with van der Waals surface area (Å²) in [6.07, 6.45) is 3.00. The first-order valence-electron chi connectivity index (χ1n) is 6.55. The van der Waals surface area contributed by atoms with Crippen molar-refractivity contribution in [2.24, 2.45) is 0 Å². The molecule has 1 aromatic carbocycles. The molecule has 0 unspecified atom stereocenters. The van der Waals surface area contributed by atoms with E-state index in [9.17, 15) is 4.79 Å². The second kappa shape index (κ2) is 7.53. The highest BCUT2D eigenvalue weighted by Gasteiger charge is 2.15. The molecule has 0 fully saturated rings. The van der Waals surface area contributed by atoms with E-state index in [1.54, 1.807) is 0 Å². The first-order chi connectivity index (χ1) is 8.90. The fourth-order valence-electron chi connectivity index (χ4n) is 1.60. The molecule has 0 radical (unpaired) electrons. The van der Waals surface area contributed by atoms with Crippen LogP contribution in [0.15, 0.2) is 24.3 Å². The van der Waals surface area contributed by atoms with E-state index in [2.05, 4.69) is 21.2 Å². The number of unbranched alkanes of at least 4 members (excludes halogenated alkanes) is 1. The van der Waals surface area contributed by atoms with Crippen LogP contribution in [-0.4, -0.2) is 17.0 Å². The number of ether oxygens (including phenoxy) is 1. The summed E-state index contributed by atoms with van der Waals surface area (Å²) in [5, 5.41) is 3.77. The zero-order chi connectivity index (χ0) is 14.3. The summed E-state index contributed by atoms with van der Waals surface area (Å²) in [7, 11) is 0. The minimum absolute atomic E-state index is 0.417. The highest BCUT2D eigenvalue weighted by atomic mass is 79.9. The number of benzene rings is 1. The van der Waals surface area contributed by atoms with Gasteiger partial charge in [-0.1, -0.05) is 28.1 Å². The molecule has 0 bridgehead atoms. The van der Waals surface area contributed by atoms with E-state index >= 15 is 0 Å². The number of anilines is 1. The van der Waals surface area contributed by atoms with Gasteiger partial charge in [-0.15, -0.1) is 0 Å². The number of hydrogen-bond donors (Lipinski definition) is 1. The number of hydrogen-bond acceptors (Lipinski definition) is 2. The molecule has 3 nitrogen and oxygen atoms in total. The summed E-state index contributed by atoms with van der Waals surface area (Å²) < 4.78 is 5.20. The third kappa shape index (κ3) is 7.21. The zero-order valence-electron chi connectivity index (χ0n) is 11.8. The SMILES string of the molecule is CC(C)(C)OC(=O)Nc1ccc(CCCCBr)cc1. The number of carbonyl (C=O) groups excluding carboxylic acids is 1. The van der Waals surface area contributed by atoms with Crippen molar-refractivity contribution in [3.63, 3.8) is 0 Å². The molecule has 0 aliphatic rings. The first-order valence-corrected chi connectivity index (χ1v) is 7.68. The molecule has 1 aromatic rings. The van der Waals surface area contributed by atoms with Crippen LogP contribution in [-0.2, 0) is 11.2 Å². The highest BCUT2D eigenvalue weighted by molar-refractivity contribution is 9.09. The fourth-order valence-corrected chi connectivity index (χ4v) is 2.00. The van der Waals surface area contributed by atoms with Crippen molar-refractivity contribution in [1.29, 1.82) is 0 Å². The van der Waals surface area contributed by atoms with Crippen molar-refractivity contribution >= 4 is 27.7 Å². The zero-order valence-corrected chi connectivity index (χ0v) is 13.4. The van der Waals surface area contributed by atoms with Crippen LogP contribution in [0, 0.1) is 0 Å². The summed E-state index contributed by atoms with van der Waals surface area (Å²) in [6.45, 7) is 5.54. The Bertz CT molecular complexity index is 396. The lowest BCUT2D eigenvalue weighted by molar-refractivity contribution is 0.0636. The summed E-state index contributed by atoms with van der Waals surface area (Å²) >= 11 is 3.42. The predicted molar refractivity (Wildman–Crippen MR) is 83.0 cm³/mol. The summed E-state index contributed by atoms with van der Waals surface area (Å²) in [4.78, 5) is 11.6. The lowest BCUT2D eigenvalue weighted by atomic mass is 10.1. The third-order valence-electron chi connectivity index (χ3n) is 2.45. The van der Waals surface area contributed by atoms with Gasteiger partial charge in [0.2, 0.25) is 0 Å². The molecule has 0 heterocycles. The summed E-state index contributed by atoms with van der Waals surface area (Å²) in [5.74, 6) is 0. The molecule has 0 saturated carbocycles. The Morgan fingerprint density at radius 2 is 1.84 bits per heavy atom. The van der Waals surface area contributed by atoms with Crippen LogP contribution in [0.3, 0.4) is 0 Å². The Balaban J connectivity index is 2.45. The maximum absolute atomic E-state index is 11.6. The number of nitrogens with one attached hydrogen (secondary N) is 1. The van der Waals surface area contributed by atoms with Gasteiger partial charge < -0.3 is 4.74 Å². The average molecular weight is 328 g/mol. The van der Waals surface area contributed by atoms with Crippen LogP contribution in [0.1, 0.15) is 39.2 Å². The maximum atomic E-state index is 11.6. The topological polar surface area (TPSA) is 38.3 Å². The van der Waals surface area contributed by atoms with Crippen LogP contribution in [0.5, 0.6) is 0 Å². The molecule has 0 spiro atoms. The van der Waals surface area contributed by atoms with Crippen molar-refractivity contribution < 1.29 is 9.53 Å². The molecule has 0 aliphatic carbocycles.